The van der Waals surface area contributed by atoms with E-state index >= 15 is 0 Å². The Kier molecular flexibility index (Phi) is 6.52. The van der Waals surface area contributed by atoms with Crippen LogP contribution in [-0.2, 0) is 21.2 Å². The van der Waals surface area contributed by atoms with E-state index in [0.29, 0.717) is 11.4 Å². The van der Waals surface area contributed by atoms with Gasteiger partial charge in [-0.25, -0.2) is 8.42 Å². The van der Waals surface area contributed by atoms with Gasteiger partial charge < -0.3 is 5.32 Å². The molecule has 1 atom stereocenters. The number of carbonyl (C=O) groups excluding carboxylic acids is 1. The first-order chi connectivity index (χ1) is 14.2. The van der Waals surface area contributed by atoms with Crippen LogP contribution in [0.1, 0.15) is 23.6 Å². The maximum absolute atomic E-state index is 12.8. The highest BCUT2D eigenvalue weighted by atomic mass is 32.2. The Hall–Kier alpha value is -3.19. The highest BCUT2D eigenvalue weighted by molar-refractivity contribution is 7.92. The van der Waals surface area contributed by atoms with Crippen molar-refractivity contribution in [1.82, 2.24) is 4.98 Å². The molecule has 6 nitrogen and oxygen atoms in total. The third-order valence-electron chi connectivity index (χ3n) is 4.76. The van der Waals surface area contributed by atoms with Crippen LogP contribution < -0.4 is 9.62 Å². The summed E-state index contributed by atoms with van der Waals surface area (Å²) >= 11 is 0. The molecule has 1 N–H and O–H groups in total. The first kappa shape index (κ1) is 21.5. The SMILES string of the molecule is Cc1ccc(N(C(C)C(=O)Nc2ccc(Cc3ccncc3)cc2)S(C)(=O)=O)cc1. The van der Waals surface area contributed by atoms with Crippen molar-refractivity contribution in [3.05, 3.63) is 89.7 Å². The lowest BCUT2D eigenvalue weighted by Gasteiger charge is -2.28. The maximum Gasteiger partial charge on any atom is 0.247 e. The molecular weight excluding hydrogens is 398 g/mol. The maximum atomic E-state index is 12.8. The monoisotopic (exact) mass is 423 g/mol. The van der Waals surface area contributed by atoms with Gasteiger partial charge in [0.15, 0.2) is 0 Å². The highest BCUT2D eigenvalue weighted by Crippen LogP contribution is 2.22. The van der Waals surface area contributed by atoms with E-state index < -0.39 is 22.0 Å². The predicted molar refractivity (Wildman–Crippen MR) is 120 cm³/mol. The lowest BCUT2D eigenvalue weighted by atomic mass is 10.1. The molecule has 0 aliphatic heterocycles. The molecule has 0 aliphatic rings. The summed E-state index contributed by atoms with van der Waals surface area (Å²) in [5.41, 5.74) is 4.33. The molecule has 3 aromatic rings. The lowest BCUT2D eigenvalue weighted by Crippen LogP contribution is -2.45. The first-order valence-electron chi connectivity index (χ1n) is 9.59. The Morgan fingerprint density at radius 1 is 0.967 bits per heavy atom. The fourth-order valence-electron chi connectivity index (χ4n) is 3.19. The summed E-state index contributed by atoms with van der Waals surface area (Å²) in [6, 6.07) is 17.6. The molecule has 1 amide bonds. The fraction of sp³-hybridized carbons (Fsp3) is 0.217. The van der Waals surface area contributed by atoms with Crippen molar-refractivity contribution in [1.29, 1.82) is 0 Å². The van der Waals surface area contributed by atoms with Crippen molar-refractivity contribution < 1.29 is 13.2 Å². The van der Waals surface area contributed by atoms with E-state index in [1.165, 1.54) is 0 Å². The van der Waals surface area contributed by atoms with Gasteiger partial charge in [-0.1, -0.05) is 29.8 Å². The molecule has 1 unspecified atom stereocenters. The largest absolute Gasteiger partial charge is 0.324 e. The van der Waals surface area contributed by atoms with E-state index in [9.17, 15) is 13.2 Å². The Morgan fingerprint density at radius 2 is 1.53 bits per heavy atom. The molecule has 3 rings (SSSR count). The summed E-state index contributed by atoms with van der Waals surface area (Å²) < 4.78 is 25.9. The Morgan fingerprint density at radius 3 is 2.10 bits per heavy atom. The fourth-order valence-corrected chi connectivity index (χ4v) is 4.36. The molecule has 30 heavy (non-hydrogen) atoms. The first-order valence-corrected chi connectivity index (χ1v) is 11.4. The number of rotatable bonds is 7. The summed E-state index contributed by atoms with van der Waals surface area (Å²) in [7, 11) is -3.64. The van der Waals surface area contributed by atoms with Gasteiger partial charge in [0.25, 0.3) is 0 Å². The normalized spacial score (nSPS) is 12.2. The molecule has 0 fully saturated rings. The smallest absolute Gasteiger partial charge is 0.247 e. The molecule has 0 bridgehead atoms. The van der Waals surface area contributed by atoms with Crippen molar-refractivity contribution in [3.8, 4) is 0 Å². The van der Waals surface area contributed by atoms with Gasteiger partial charge in [-0.3, -0.25) is 14.1 Å². The topological polar surface area (TPSA) is 79.4 Å². The van der Waals surface area contributed by atoms with Crippen LogP contribution >= 0.6 is 0 Å². The molecule has 0 radical (unpaired) electrons. The average Bonchev–Trinajstić information content (AvgIpc) is 2.71. The quantitative estimate of drug-likeness (QED) is 0.627. The van der Waals surface area contributed by atoms with E-state index in [0.717, 1.165) is 33.7 Å². The molecule has 7 heteroatoms. The minimum absolute atomic E-state index is 0.400. The summed E-state index contributed by atoms with van der Waals surface area (Å²) in [5.74, 6) is -0.400. The third-order valence-corrected chi connectivity index (χ3v) is 6.00. The van der Waals surface area contributed by atoms with Crippen LogP contribution in [0.2, 0.25) is 0 Å². The van der Waals surface area contributed by atoms with Crippen molar-refractivity contribution in [2.75, 3.05) is 15.9 Å². The van der Waals surface area contributed by atoms with Gasteiger partial charge >= 0.3 is 0 Å². The summed E-state index contributed by atoms with van der Waals surface area (Å²) in [4.78, 5) is 16.8. The van der Waals surface area contributed by atoms with Crippen LogP contribution in [0.15, 0.2) is 73.1 Å². The van der Waals surface area contributed by atoms with E-state index in [1.54, 1.807) is 31.5 Å². The van der Waals surface area contributed by atoms with Crippen molar-refractivity contribution in [3.63, 3.8) is 0 Å². The summed E-state index contributed by atoms with van der Waals surface area (Å²) in [6.45, 7) is 3.50. The Bertz CT molecular complexity index is 1100. The number of hydrogen-bond acceptors (Lipinski definition) is 4. The molecular formula is C23H25N3O3S. The van der Waals surface area contributed by atoms with Crippen molar-refractivity contribution >= 4 is 27.3 Å². The van der Waals surface area contributed by atoms with Crippen LogP contribution in [0, 0.1) is 6.92 Å². The zero-order valence-corrected chi connectivity index (χ0v) is 18.1. The number of anilines is 2. The highest BCUT2D eigenvalue weighted by Gasteiger charge is 2.29. The number of aryl methyl sites for hydroxylation is 1. The van der Waals surface area contributed by atoms with Crippen LogP contribution in [-0.4, -0.2) is 31.6 Å². The second-order valence-electron chi connectivity index (χ2n) is 7.29. The molecule has 156 valence electrons. The number of sulfonamides is 1. The molecule has 2 aromatic carbocycles. The third kappa shape index (κ3) is 5.45. The Balaban J connectivity index is 1.72. The second-order valence-corrected chi connectivity index (χ2v) is 9.15. The zero-order chi connectivity index (χ0) is 21.7. The molecule has 0 saturated carbocycles. The van der Waals surface area contributed by atoms with E-state index in [-0.39, 0.29) is 0 Å². The van der Waals surface area contributed by atoms with Gasteiger partial charge in [-0.2, -0.15) is 0 Å². The standard InChI is InChI=1S/C23H25N3O3S/c1-17-4-10-22(11-5-17)26(30(3,28)29)18(2)23(27)25-21-8-6-19(7-9-21)16-20-12-14-24-15-13-20/h4-15,18H,16H2,1-3H3,(H,25,27). The lowest BCUT2D eigenvalue weighted by molar-refractivity contribution is -0.116. The van der Waals surface area contributed by atoms with Crippen molar-refractivity contribution in [2.24, 2.45) is 0 Å². The number of carbonyl (C=O) groups is 1. The van der Waals surface area contributed by atoms with E-state index in [2.05, 4.69) is 10.3 Å². The second kappa shape index (κ2) is 9.09. The minimum Gasteiger partial charge on any atom is -0.324 e. The van der Waals surface area contributed by atoms with E-state index in [1.807, 2.05) is 55.5 Å². The van der Waals surface area contributed by atoms with Gasteiger partial charge in [-0.05, 0) is 67.8 Å². The predicted octanol–water partition coefficient (Wildman–Crippen LogP) is 3.77. The van der Waals surface area contributed by atoms with Gasteiger partial charge in [0.1, 0.15) is 6.04 Å². The van der Waals surface area contributed by atoms with Gasteiger partial charge in [-0.15, -0.1) is 0 Å². The van der Waals surface area contributed by atoms with Gasteiger partial charge in [0.05, 0.1) is 11.9 Å². The minimum atomic E-state index is -3.64. The number of pyridine rings is 1. The Labute approximate surface area is 177 Å². The number of hydrogen-bond donors (Lipinski definition) is 1. The zero-order valence-electron chi connectivity index (χ0n) is 17.2. The number of benzene rings is 2. The van der Waals surface area contributed by atoms with Gasteiger partial charge in [0, 0.05) is 18.1 Å². The molecule has 1 heterocycles. The number of amides is 1. The van der Waals surface area contributed by atoms with Crippen molar-refractivity contribution in [2.45, 2.75) is 26.3 Å². The summed E-state index contributed by atoms with van der Waals surface area (Å²) in [5, 5.41) is 2.81. The molecule has 1 aromatic heterocycles. The van der Waals surface area contributed by atoms with Crippen LogP contribution in [0.25, 0.3) is 0 Å². The van der Waals surface area contributed by atoms with E-state index in [4.69, 9.17) is 0 Å². The average molecular weight is 424 g/mol. The number of aromatic nitrogens is 1. The van der Waals surface area contributed by atoms with Crippen LogP contribution in [0.4, 0.5) is 11.4 Å². The number of nitrogens with zero attached hydrogens (tertiary/aromatic N) is 2. The van der Waals surface area contributed by atoms with Gasteiger partial charge in [0.2, 0.25) is 15.9 Å². The molecule has 0 aliphatic carbocycles. The number of nitrogens with one attached hydrogen (secondary N) is 1. The summed E-state index contributed by atoms with van der Waals surface area (Å²) in [6.07, 6.45) is 5.38. The molecule has 0 saturated heterocycles. The molecule has 0 spiro atoms. The van der Waals surface area contributed by atoms with Crippen LogP contribution in [0.5, 0.6) is 0 Å². The van der Waals surface area contributed by atoms with Crippen LogP contribution in [0.3, 0.4) is 0 Å².